The zero-order valence-corrected chi connectivity index (χ0v) is 18.1. The molecule has 0 bridgehead atoms. The van der Waals surface area contributed by atoms with Crippen molar-refractivity contribution in [1.82, 2.24) is 0 Å². The molecule has 3 N–H and O–H groups in total. The van der Waals surface area contributed by atoms with Gasteiger partial charge in [-0.2, -0.15) is 0 Å². The van der Waals surface area contributed by atoms with Gasteiger partial charge in [-0.05, 0) is 47.4 Å². The van der Waals surface area contributed by atoms with Crippen LogP contribution in [-0.2, 0) is 20.7 Å². The average Bonchev–Trinajstić information content (AvgIpc) is 3.16. The minimum absolute atomic E-state index is 0.215. The number of methoxy groups -OCH3 is 1. The molecule has 0 aromatic heterocycles. The molecule has 0 saturated heterocycles. The molecule has 3 aromatic carbocycles. The fourth-order valence-corrected chi connectivity index (χ4v) is 3.83. The number of amides is 2. The number of carbonyl (C=O) groups excluding carboxylic acids is 3. The quantitative estimate of drug-likeness (QED) is 0.430. The molecule has 33 heavy (non-hydrogen) atoms. The van der Waals surface area contributed by atoms with Gasteiger partial charge in [-0.15, -0.1) is 0 Å². The number of rotatable bonds is 7. The predicted molar refractivity (Wildman–Crippen MR) is 126 cm³/mol. The Labute approximate surface area is 191 Å². The summed E-state index contributed by atoms with van der Waals surface area (Å²) in [5.41, 5.74) is 9.99. The molecular formula is C26H23N3O4. The highest BCUT2D eigenvalue weighted by atomic mass is 16.5. The van der Waals surface area contributed by atoms with Crippen molar-refractivity contribution in [3.63, 3.8) is 0 Å². The number of primary amides is 1. The molecule has 1 heterocycles. The van der Waals surface area contributed by atoms with Gasteiger partial charge in [-0.3, -0.25) is 14.6 Å². The highest BCUT2D eigenvalue weighted by molar-refractivity contribution is 6.24. The van der Waals surface area contributed by atoms with Crippen LogP contribution in [-0.4, -0.2) is 30.6 Å². The Morgan fingerprint density at radius 2 is 1.73 bits per heavy atom. The number of nitrogens with one attached hydrogen (secondary N) is 1. The molecule has 7 nitrogen and oxygen atoms in total. The maximum absolute atomic E-state index is 13.0. The first kappa shape index (κ1) is 22.0. The lowest BCUT2D eigenvalue weighted by Crippen LogP contribution is -2.21. The van der Waals surface area contributed by atoms with E-state index in [1.165, 1.54) is 7.11 Å². The lowest BCUT2D eigenvalue weighted by molar-refractivity contribution is -0.118. The second kappa shape index (κ2) is 9.48. The van der Waals surface area contributed by atoms with Crippen LogP contribution in [0.2, 0.25) is 0 Å². The molecule has 2 amide bonds. The number of benzene rings is 3. The van der Waals surface area contributed by atoms with E-state index in [1.807, 2.05) is 54.6 Å². The van der Waals surface area contributed by atoms with Gasteiger partial charge >= 0.3 is 5.97 Å². The highest BCUT2D eigenvalue weighted by Gasteiger charge is 2.35. The van der Waals surface area contributed by atoms with Gasteiger partial charge in [0.05, 0.1) is 24.1 Å². The summed E-state index contributed by atoms with van der Waals surface area (Å²) < 4.78 is 4.78. The van der Waals surface area contributed by atoms with Gasteiger partial charge < -0.3 is 15.8 Å². The van der Waals surface area contributed by atoms with Crippen molar-refractivity contribution in [1.29, 1.82) is 0 Å². The van der Waals surface area contributed by atoms with E-state index in [4.69, 9.17) is 15.5 Å². The highest BCUT2D eigenvalue weighted by Crippen LogP contribution is 2.37. The van der Waals surface area contributed by atoms with E-state index in [9.17, 15) is 14.4 Å². The van der Waals surface area contributed by atoms with E-state index >= 15 is 0 Å². The number of nitrogens with two attached hydrogens (primary N) is 1. The first-order chi connectivity index (χ1) is 16.0. The number of hydrogen-bond donors (Lipinski definition) is 2. The summed E-state index contributed by atoms with van der Waals surface area (Å²) in [6.07, 6.45) is 0.844. The second-order valence-corrected chi connectivity index (χ2v) is 7.71. The fraction of sp³-hybridized carbons (Fsp3) is 0.154. The molecule has 4 rings (SSSR count). The maximum Gasteiger partial charge on any atom is 0.337 e. The van der Waals surface area contributed by atoms with Crippen molar-refractivity contribution in [2.75, 3.05) is 12.4 Å². The number of esters is 1. The molecule has 7 heteroatoms. The SMILES string of the molecule is COC(=O)c1ccc2c(c1)NC(=O)C2C(=Nc1ccc(CCC(N)=O)cc1)c1ccccc1. The van der Waals surface area contributed by atoms with Crippen molar-refractivity contribution in [2.45, 2.75) is 18.8 Å². The number of fused-ring (bicyclic) bond motifs is 1. The molecule has 1 atom stereocenters. The summed E-state index contributed by atoms with van der Waals surface area (Å²) in [6.45, 7) is 0. The maximum atomic E-state index is 13.0. The molecule has 3 aromatic rings. The molecule has 1 aliphatic rings. The molecule has 1 unspecified atom stereocenters. The van der Waals surface area contributed by atoms with Crippen LogP contribution in [0.15, 0.2) is 77.8 Å². The van der Waals surface area contributed by atoms with E-state index in [1.54, 1.807) is 18.2 Å². The number of aryl methyl sites for hydroxylation is 1. The molecular weight excluding hydrogens is 418 g/mol. The normalized spacial score (nSPS) is 15.0. The minimum atomic E-state index is -0.636. The Morgan fingerprint density at radius 3 is 2.39 bits per heavy atom. The fourth-order valence-electron chi connectivity index (χ4n) is 3.83. The average molecular weight is 441 g/mol. The van der Waals surface area contributed by atoms with Crippen LogP contribution >= 0.6 is 0 Å². The van der Waals surface area contributed by atoms with Crippen molar-refractivity contribution in [3.05, 3.63) is 95.1 Å². The van der Waals surface area contributed by atoms with Crippen molar-refractivity contribution >= 4 is 34.9 Å². The van der Waals surface area contributed by atoms with Gasteiger partial charge in [-0.25, -0.2) is 4.79 Å². The van der Waals surface area contributed by atoms with Crippen LogP contribution in [0.3, 0.4) is 0 Å². The second-order valence-electron chi connectivity index (χ2n) is 7.71. The predicted octanol–water partition coefficient (Wildman–Crippen LogP) is 3.75. The van der Waals surface area contributed by atoms with Gasteiger partial charge in [-0.1, -0.05) is 48.5 Å². The first-order valence-corrected chi connectivity index (χ1v) is 10.5. The van der Waals surface area contributed by atoms with E-state index in [0.29, 0.717) is 29.1 Å². The molecule has 0 radical (unpaired) electrons. The number of ether oxygens (including phenoxy) is 1. The Bertz CT molecular complexity index is 1230. The lowest BCUT2D eigenvalue weighted by Gasteiger charge is -2.14. The summed E-state index contributed by atoms with van der Waals surface area (Å²) in [4.78, 5) is 40.8. The van der Waals surface area contributed by atoms with E-state index in [0.717, 1.165) is 16.7 Å². The van der Waals surface area contributed by atoms with Crippen LogP contribution in [0.1, 0.15) is 39.4 Å². The third kappa shape index (κ3) is 4.82. The lowest BCUT2D eigenvalue weighted by atomic mass is 9.90. The van der Waals surface area contributed by atoms with Gasteiger partial charge in [0.2, 0.25) is 11.8 Å². The van der Waals surface area contributed by atoms with Gasteiger partial charge in [0.15, 0.2) is 0 Å². The number of aliphatic imine (C=N–C) groups is 1. The topological polar surface area (TPSA) is 111 Å². The third-order valence-corrected chi connectivity index (χ3v) is 5.49. The monoisotopic (exact) mass is 441 g/mol. The minimum Gasteiger partial charge on any atom is -0.465 e. The summed E-state index contributed by atoms with van der Waals surface area (Å²) in [7, 11) is 1.32. The van der Waals surface area contributed by atoms with Crippen LogP contribution in [0.25, 0.3) is 0 Å². The molecule has 0 aliphatic carbocycles. The summed E-state index contributed by atoms with van der Waals surface area (Å²) >= 11 is 0. The van der Waals surface area contributed by atoms with Gasteiger partial charge in [0, 0.05) is 12.1 Å². The summed E-state index contributed by atoms with van der Waals surface area (Å²) in [6, 6.07) is 22.0. The molecule has 166 valence electrons. The molecule has 0 saturated carbocycles. The first-order valence-electron chi connectivity index (χ1n) is 10.5. The van der Waals surface area contributed by atoms with Crippen LogP contribution < -0.4 is 11.1 Å². The van der Waals surface area contributed by atoms with Crippen molar-refractivity contribution < 1.29 is 19.1 Å². The van der Waals surface area contributed by atoms with E-state index in [2.05, 4.69) is 5.32 Å². The zero-order chi connectivity index (χ0) is 23.4. The standard InChI is InChI=1S/C26H23N3O4/c1-33-26(32)18-10-13-20-21(15-18)29-25(31)23(20)24(17-5-3-2-4-6-17)28-19-11-7-16(8-12-19)9-14-22(27)30/h2-8,10-13,15,23H,9,14H2,1H3,(H2,27,30)(H,29,31). The molecule has 1 aliphatic heterocycles. The van der Waals surface area contributed by atoms with Crippen molar-refractivity contribution in [2.24, 2.45) is 10.7 Å². The van der Waals surface area contributed by atoms with Crippen LogP contribution in [0, 0.1) is 0 Å². The van der Waals surface area contributed by atoms with Gasteiger partial charge in [0.1, 0.15) is 5.92 Å². The molecule has 0 spiro atoms. The Hall–Kier alpha value is -4.26. The number of carbonyl (C=O) groups is 3. The van der Waals surface area contributed by atoms with E-state index in [-0.39, 0.29) is 18.2 Å². The summed E-state index contributed by atoms with van der Waals surface area (Å²) in [5, 5.41) is 2.87. The third-order valence-electron chi connectivity index (χ3n) is 5.49. The van der Waals surface area contributed by atoms with Gasteiger partial charge in [0.25, 0.3) is 0 Å². The zero-order valence-electron chi connectivity index (χ0n) is 18.1. The van der Waals surface area contributed by atoms with Crippen LogP contribution in [0.5, 0.6) is 0 Å². The number of nitrogens with zero attached hydrogens (tertiary/aromatic N) is 1. The largest absolute Gasteiger partial charge is 0.465 e. The van der Waals surface area contributed by atoms with E-state index < -0.39 is 11.9 Å². The molecule has 0 fully saturated rings. The Morgan fingerprint density at radius 1 is 1.00 bits per heavy atom. The number of hydrogen-bond acceptors (Lipinski definition) is 5. The Balaban J connectivity index is 1.73. The number of anilines is 1. The van der Waals surface area contributed by atoms with Crippen molar-refractivity contribution in [3.8, 4) is 0 Å². The smallest absolute Gasteiger partial charge is 0.337 e. The van der Waals surface area contributed by atoms with Crippen LogP contribution in [0.4, 0.5) is 11.4 Å². The Kier molecular flexibility index (Phi) is 6.31. The summed E-state index contributed by atoms with van der Waals surface area (Å²) in [5.74, 6) is -1.66.